The highest BCUT2D eigenvalue weighted by Gasteiger charge is 2.38. The van der Waals surface area contributed by atoms with Gasteiger partial charge in [-0.15, -0.1) is 0 Å². The van der Waals surface area contributed by atoms with Gasteiger partial charge in [0, 0.05) is 0 Å². The lowest BCUT2D eigenvalue weighted by atomic mass is 10.1. The van der Waals surface area contributed by atoms with Crippen LogP contribution in [0.4, 0.5) is 0 Å². The molecule has 128 valence electrons. The van der Waals surface area contributed by atoms with Gasteiger partial charge in [-0.1, -0.05) is 114 Å². The Morgan fingerprint density at radius 3 is 1.92 bits per heavy atom. The molecule has 26 heavy (non-hydrogen) atoms. The Bertz CT molecular complexity index is 950. The molecule has 1 aliphatic rings. The van der Waals surface area contributed by atoms with E-state index in [0.717, 1.165) is 6.42 Å². The van der Waals surface area contributed by atoms with Gasteiger partial charge in [-0.2, -0.15) is 0 Å². The van der Waals surface area contributed by atoms with E-state index in [0.29, 0.717) is 0 Å². The molecule has 1 atom stereocenters. The number of rotatable bonds is 4. The molecule has 3 aromatic rings. The van der Waals surface area contributed by atoms with Crippen LogP contribution in [0.25, 0.3) is 5.57 Å². The molecule has 0 nitrogen and oxygen atoms in total. The van der Waals surface area contributed by atoms with Gasteiger partial charge in [0.2, 0.25) is 0 Å². The Morgan fingerprint density at radius 1 is 0.692 bits per heavy atom. The topological polar surface area (TPSA) is 0 Å². The molecule has 0 N–H and O–H groups in total. The van der Waals surface area contributed by atoms with Crippen molar-refractivity contribution in [2.45, 2.75) is 19.9 Å². The minimum absolute atomic E-state index is 1.05. The first-order valence-corrected chi connectivity index (χ1v) is 11.8. The summed E-state index contributed by atoms with van der Waals surface area (Å²) >= 11 is 0. The smallest absolute Gasteiger partial charge is 0.0802 e. The predicted octanol–water partition coefficient (Wildman–Crippen LogP) is 5.14. The molecule has 0 fully saturated rings. The molecule has 0 heterocycles. The quantitative estimate of drug-likeness (QED) is 0.570. The third-order valence-electron chi connectivity index (χ3n) is 5.60. The molecular weight excluding hydrogens is 328 g/mol. The first-order chi connectivity index (χ1) is 12.7. The van der Waals surface area contributed by atoms with Crippen LogP contribution in [0.2, 0.25) is 6.55 Å². The molecule has 1 aliphatic carbocycles. The zero-order chi connectivity index (χ0) is 18.0. The number of hydrogen-bond acceptors (Lipinski definition) is 0. The van der Waals surface area contributed by atoms with E-state index in [2.05, 4.69) is 111 Å². The molecule has 1 unspecified atom stereocenters. The zero-order valence-electron chi connectivity index (χ0n) is 15.4. The summed E-state index contributed by atoms with van der Waals surface area (Å²) in [4.78, 5) is 0. The largest absolute Gasteiger partial charge is 0.142 e. The second-order valence-electron chi connectivity index (χ2n) is 7.22. The van der Waals surface area contributed by atoms with Crippen molar-refractivity contribution in [3.05, 3.63) is 113 Å². The van der Waals surface area contributed by atoms with Crippen molar-refractivity contribution in [2.75, 3.05) is 0 Å². The number of allylic oxidation sites excluding steroid dienone is 4. The van der Waals surface area contributed by atoms with Gasteiger partial charge < -0.3 is 0 Å². The third kappa shape index (κ3) is 2.89. The normalized spacial score (nSPS) is 15.9. The van der Waals surface area contributed by atoms with Crippen LogP contribution in [0.3, 0.4) is 0 Å². The summed E-state index contributed by atoms with van der Waals surface area (Å²) in [6.45, 7) is 4.68. The van der Waals surface area contributed by atoms with E-state index in [4.69, 9.17) is 0 Å². The van der Waals surface area contributed by atoms with E-state index >= 15 is 0 Å². The SMILES string of the molecule is Cc1ccc([Si](C)(C2=C(c3ccccc3)C=CC2)c2ccccc2)cc1. The highest BCUT2D eigenvalue weighted by Crippen LogP contribution is 2.34. The van der Waals surface area contributed by atoms with Crippen LogP contribution in [-0.2, 0) is 0 Å². The fraction of sp³-hybridized carbons (Fsp3) is 0.120. The van der Waals surface area contributed by atoms with Gasteiger partial charge in [0.15, 0.2) is 0 Å². The monoisotopic (exact) mass is 352 g/mol. The minimum Gasteiger partial charge on any atom is -0.0802 e. The molecule has 0 amide bonds. The number of benzene rings is 3. The first-order valence-electron chi connectivity index (χ1n) is 9.28. The average molecular weight is 353 g/mol. The average Bonchev–Trinajstić information content (AvgIpc) is 3.20. The van der Waals surface area contributed by atoms with Gasteiger partial charge in [0.1, 0.15) is 8.07 Å². The van der Waals surface area contributed by atoms with Crippen LogP contribution in [0.5, 0.6) is 0 Å². The zero-order valence-corrected chi connectivity index (χ0v) is 16.4. The maximum atomic E-state index is 2.51. The molecule has 0 spiro atoms. The van der Waals surface area contributed by atoms with Gasteiger partial charge in [0.25, 0.3) is 0 Å². The molecular formula is C25H24Si. The first kappa shape index (κ1) is 16.8. The van der Waals surface area contributed by atoms with Crippen molar-refractivity contribution in [2.24, 2.45) is 0 Å². The number of aryl methyl sites for hydroxylation is 1. The van der Waals surface area contributed by atoms with Gasteiger partial charge in [-0.3, -0.25) is 0 Å². The van der Waals surface area contributed by atoms with Gasteiger partial charge in [0.05, 0.1) is 0 Å². The molecule has 0 aliphatic heterocycles. The molecule has 3 aromatic carbocycles. The van der Waals surface area contributed by atoms with E-state index in [-0.39, 0.29) is 0 Å². The highest BCUT2D eigenvalue weighted by atomic mass is 28.3. The maximum Gasteiger partial charge on any atom is 0.142 e. The Balaban J connectivity index is 1.96. The standard InChI is InChI=1S/C25H24Si/c1-20-16-18-23(19-17-20)26(2,22-12-7-4-8-13-22)25-15-9-14-24(25)21-10-5-3-6-11-21/h3-14,16-19H,15H2,1-2H3. The van der Waals surface area contributed by atoms with Crippen molar-refractivity contribution in [1.29, 1.82) is 0 Å². The van der Waals surface area contributed by atoms with E-state index in [1.54, 1.807) is 5.20 Å². The molecule has 0 bridgehead atoms. The van der Waals surface area contributed by atoms with Gasteiger partial charge in [-0.25, -0.2) is 0 Å². The molecule has 4 rings (SSSR count). The van der Waals surface area contributed by atoms with Gasteiger partial charge >= 0.3 is 0 Å². The van der Waals surface area contributed by atoms with Crippen molar-refractivity contribution in [3.63, 3.8) is 0 Å². The summed E-state index contributed by atoms with van der Waals surface area (Å²) in [7, 11) is -2.02. The Morgan fingerprint density at radius 2 is 1.27 bits per heavy atom. The molecule has 1 heteroatoms. The molecule has 0 saturated heterocycles. The van der Waals surface area contributed by atoms with E-state index < -0.39 is 8.07 Å². The summed E-state index contributed by atoms with van der Waals surface area (Å²) in [5, 5.41) is 4.58. The predicted molar refractivity (Wildman–Crippen MR) is 116 cm³/mol. The van der Waals surface area contributed by atoms with Crippen LogP contribution in [0.1, 0.15) is 17.5 Å². The second-order valence-corrected chi connectivity index (χ2v) is 11.2. The third-order valence-corrected chi connectivity index (χ3v) is 10.3. The summed E-state index contributed by atoms with van der Waals surface area (Å²) < 4.78 is 0. The summed E-state index contributed by atoms with van der Waals surface area (Å²) in [5.41, 5.74) is 4.07. The molecule has 0 saturated carbocycles. The van der Waals surface area contributed by atoms with Crippen molar-refractivity contribution in [3.8, 4) is 0 Å². The van der Waals surface area contributed by atoms with Crippen molar-refractivity contribution in [1.82, 2.24) is 0 Å². The van der Waals surface area contributed by atoms with Crippen molar-refractivity contribution >= 4 is 24.0 Å². The summed E-state index contributed by atoms with van der Waals surface area (Å²) in [6, 6.07) is 31.2. The van der Waals surface area contributed by atoms with Gasteiger partial charge in [-0.05, 0) is 34.9 Å². The minimum atomic E-state index is -2.02. The summed E-state index contributed by atoms with van der Waals surface area (Å²) in [5.74, 6) is 0. The lowest BCUT2D eigenvalue weighted by Crippen LogP contribution is -2.57. The van der Waals surface area contributed by atoms with Crippen LogP contribution < -0.4 is 10.4 Å². The maximum absolute atomic E-state index is 2.51. The lowest BCUT2D eigenvalue weighted by Gasteiger charge is -2.32. The van der Waals surface area contributed by atoms with Crippen molar-refractivity contribution < 1.29 is 0 Å². The van der Waals surface area contributed by atoms with E-state index in [1.165, 1.54) is 27.1 Å². The van der Waals surface area contributed by atoms with Crippen LogP contribution in [0.15, 0.2) is 102 Å². The van der Waals surface area contributed by atoms with Crippen LogP contribution in [-0.4, -0.2) is 8.07 Å². The Hall–Kier alpha value is -2.64. The van der Waals surface area contributed by atoms with E-state index in [9.17, 15) is 0 Å². The highest BCUT2D eigenvalue weighted by molar-refractivity contribution is 7.07. The lowest BCUT2D eigenvalue weighted by molar-refractivity contribution is 1.37. The summed E-state index contributed by atoms with van der Waals surface area (Å²) in [6.07, 6.45) is 5.71. The van der Waals surface area contributed by atoms with Crippen LogP contribution >= 0.6 is 0 Å². The second kappa shape index (κ2) is 6.93. The van der Waals surface area contributed by atoms with Crippen LogP contribution in [0, 0.1) is 6.92 Å². The molecule has 0 aromatic heterocycles. The fourth-order valence-electron chi connectivity index (χ4n) is 4.04. The number of hydrogen-bond donors (Lipinski definition) is 0. The Kier molecular flexibility index (Phi) is 4.48. The van der Waals surface area contributed by atoms with E-state index in [1.807, 2.05) is 0 Å². The fourth-order valence-corrected chi connectivity index (χ4v) is 8.06. The molecule has 0 radical (unpaired) electrons. The Labute approximate surface area is 157 Å².